The average Bonchev–Trinajstić information content (AvgIpc) is 2.62. The van der Waals surface area contributed by atoms with Crippen molar-refractivity contribution in [1.82, 2.24) is 9.88 Å². The summed E-state index contributed by atoms with van der Waals surface area (Å²) >= 11 is 3.33. The minimum absolute atomic E-state index is 0.162. The monoisotopic (exact) mass is 405 g/mol. The third kappa shape index (κ3) is 5.68. The molecule has 0 unspecified atom stereocenters. The highest BCUT2D eigenvalue weighted by Gasteiger charge is 2.16. The molecular weight excluding hydrogens is 390 g/mol. The minimum atomic E-state index is -0.646. The number of ether oxygens (including phenoxy) is 1. The third-order valence-electron chi connectivity index (χ3n) is 3.18. The van der Waals surface area contributed by atoms with Crippen LogP contribution in [0, 0.1) is 0 Å². The number of halogens is 1. The van der Waals surface area contributed by atoms with E-state index in [4.69, 9.17) is 4.74 Å². The van der Waals surface area contributed by atoms with Gasteiger partial charge in [-0.25, -0.2) is 4.79 Å². The normalized spacial score (nSPS) is 10.0. The van der Waals surface area contributed by atoms with Gasteiger partial charge < -0.3 is 15.0 Å². The van der Waals surface area contributed by atoms with Crippen LogP contribution in [-0.2, 0) is 14.3 Å². The van der Waals surface area contributed by atoms with Gasteiger partial charge in [0.05, 0.1) is 17.8 Å². The van der Waals surface area contributed by atoms with Gasteiger partial charge in [0, 0.05) is 23.9 Å². The minimum Gasteiger partial charge on any atom is -0.452 e. The lowest BCUT2D eigenvalue weighted by molar-refractivity contribution is -0.136. The number of hydrogen-bond donors (Lipinski definition) is 1. The first kappa shape index (κ1) is 18.6. The van der Waals surface area contributed by atoms with Crippen LogP contribution in [0.5, 0.6) is 0 Å². The van der Waals surface area contributed by atoms with Crippen LogP contribution >= 0.6 is 15.9 Å². The van der Waals surface area contributed by atoms with Gasteiger partial charge in [-0.05, 0) is 40.2 Å². The van der Waals surface area contributed by atoms with E-state index < -0.39 is 18.5 Å². The van der Waals surface area contributed by atoms with Crippen LogP contribution in [0.15, 0.2) is 53.3 Å². The Balaban J connectivity index is 1.81. The quantitative estimate of drug-likeness (QED) is 0.743. The van der Waals surface area contributed by atoms with Gasteiger partial charge in [-0.1, -0.05) is 12.1 Å². The summed E-state index contributed by atoms with van der Waals surface area (Å²) in [6.07, 6.45) is 2.88. The van der Waals surface area contributed by atoms with Crippen LogP contribution in [-0.4, -0.2) is 47.9 Å². The average molecular weight is 406 g/mol. The van der Waals surface area contributed by atoms with Crippen molar-refractivity contribution in [2.24, 2.45) is 0 Å². The molecule has 0 saturated carbocycles. The van der Waals surface area contributed by atoms with E-state index in [2.05, 4.69) is 26.2 Å². The van der Waals surface area contributed by atoms with Crippen LogP contribution in [0.2, 0.25) is 0 Å². The van der Waals surface area contributed by atoms with Crippen molar-refractivity contribution in [2.75, 3.05) is 25.5 Å². The van der Waals surface area contributed by atoms with E-state index in [0.29, 0.717) is 5.69 Å². The molecule has 8 heteroatoms. The molecule has 2 rings (SSSR count). The smallest absolute Gasteiger partial charge is 0.340 e. The van der Waals surface area contributed by atoms with E-state index in [1.54, 1.807) is 24.3 Å². The van der Waals surface area contributed by atoms with Crippen LogP contribution in [0.1, 0.15) is 10.4 Å². The van der Waals surface area contributed by atoms with Gasteiger partial charge in [0.2, 0.25) is 5.91 Å². The molecule has 0 atom stereocenters. The molecule has 2 aromatic rings. The number of hydrogen-bond acceptors (Lipinski definition) is 5. The van der Waals surface area contributed by atoms with Crippen molar-refractivity contribution >= 4 is 39.4 Å². The lowest BCUT2D eigenvalue weighted by atomic mass is 10.3. The van der Waals surface area contributed by atoms with E-state index in [-0.39, 0.29) is 18.0 Å². The maximum atomic E-state index is 12.0. The van der Waals surface area contributed by atoms with E-state index in [1.807, 2.05) is 6.07 Å². The van der Waals surface area contributed by atoms with Crippen LogP contribution in [0.25, 0.3) is 0 Å². The van der Waals surface area contributed by atoms with Gasteiger partial charge in [0.25, 0.3) is 5.91 Å². The zero-order valence-corrected chi connectivity index (χ0v) is 15.0. The standard InChI is InChI=1S/C17H16BrN3O4/c1-21(10-15(22)20-14-7-3-2-6-13(14)18)16(23)11-25-17(24)12-5-4-8-19-9-12/h2-9H,10-11H2,1H3,(H,20,22). The van der Waals surface area contributed by atoms with Crippen LogP contribution < -0.4 is 5.32 Å². The highest BCUT2D eigenvalue weighted by atomic mass is 79.9. The molecule has 7 nitrogen and oxygen atoms in total. The Morgan fingerprint density at radius 3 is 2.64 bits per heavy atom. The molecule has 0 spiro atoms. The molecular formula is C17H16BrN3O4. The molecule has 0 fully saturated rings. The van der Waals surface area contributed by atoms with Crippen molar-refractivity contribution in [3.63, 3.8) is 0 Å². The second-order valence-corrected chi connectivity index (χ2v) is 5.95. The van der Waals surface area contributed by atoms with Gasteiger partial charge in [0.1, 0.15) is 0 Å². The van der Waals surface area contributed by atoms with E-state index >= 15 is 0 Å². The maximum Gasteiger partial charge on any atom is 0.340 e. The summed E-state index contributed by atoms with van der Waals surface area (Å²) in [5.74, 6) is -1.49. The first-order chi connectivity index (χ1) is 12.0. The van der Waals surface area contributed by atoms with Gasteiger partial charge in [-0.15, -0.1) is 0 Å². The van der Waals surface area contributed by atoms with Crippen molar-refractivity contribution in [3.05, 3.63) is 58.8 Å². The zero-order chi connectivity index (χ0) is 18.2. The maximum absolute atomic E-state index is 12.0. The first-order valence-corrected chi connectivity index (χ1v) is 8.12. The summed E-state index contributed by atoms with van der Waals surface area (Å²) in [4.78, 5) is 40.7. The predicted octanol–water partition coefficient (Wildman–Crippen LogP) is 2.10. The number of para-hydroxylation sites is 1. The summed E-state index contributed by atoms with van der Waals surface area (Å²) in [6, 6.07) is 10.3. The molecule has 2 amide bonds. The molecule has 0 aliphatic heterocycles. The molecule has 1 N–H and O–H groups in total. The number of nitrogens with one attached hydrogen (secondary N) is 1. The molecule has 0 aliphatic rings. The Morgan fingerprint density at radius 2 is 1.96 bits per heavy atom. The largest absolute Gasteiger partial charge is 0.452 e. The Labute approximate surface area is 153 Å². The summed E-state index contributed by atoms with van der Waals surface area (Å²) in [5.41, 5.74) is 0.862. The fourth-order valence-corrected chi connectivity index (χ4v) is 2.24. The van der Waals surface area contributed by atoms with E-state index in [0.717, 1.165) is 4.47 Å². The highest BCUT2D eigenvalue weighted by molar-refractivity contribution is 9.10. The molecule has 1 aromatic carbocycles. The van der Waals surface area contributed by atoms with Crippen molar-refractivity contribution in [1.29, 1.82) is 0 Å². The van der Waals surface area contributed by atoms with Gasteiger partial charge in [-0.2, -0.15) is 0 Å². The number of amides is 2. The Morgan fingerprint density at radius 1 is 1.20 bits per heavy atom. The van der Waals surface area contributed by atoms with Crippen molar-refractivity contribution < 1.29 is 19.1 Å². The number of anilines is 1. The number of rotatable bonds is 6. The number of benzene rings is 1. The fraction of sp³-hybridized carbons (Fsp3) is 0.176. The van der Waals surface area contributed by atoms with E-state index in [9.17, 15) is 14.4 Å². The molecule has 1 heterocycles. The van der Waals surface area contributed by atoms with E-state index in [1.165, 1.54) is 30.4 Å². The molecule has 0 saturated heterocycles. The SMILES string of the molecule is CN(CC(=O)Nc1ccccc1Br)C(=O)COC(=O)c1cccnc1. The number of carbonyl (C=O) groups excluding carboxylic acids is 3. The third-order valence-corrected chi connectivity index (χ3v) is 3.87. The van der Waals surface area contributed by atoms with Gasteiger partial charge in [-0.3, -0.25) is 14.6 Å². The van der Waals surface area contributed by atoms with Gasteiger partial charge >= 0.3 is 5.97 Å². The number of carbonyl (C=O) groups is 3. The summed E-state index contributed by atoms with van der Waals surface area (Å²) in [6.45, 7) is -0.614. The zero-order valence-electron chi connectivity index (χ0n) is 13.4. The van der Waals surface area contributed by atoms with Crippen molar-refractivity contribution in [2.45, 2.75) is 0 Å². The Hall–Kier alpha value is -2.74. The summed E-state index contributed by atoms with van der Waals surface area (Å²) in [5, 5.41) is 2.69. The lowest BCUT2D eigenvalue weighted by Gasteiger charge is -2.17. The topological polar surface area (TPSA) is 88.6 Å². The number of aromatic nitrogens is 1. The van der Waals surface area contributed by atoms with Crippen LogP contribution in [0.3, 0.4) is 0 Å². The predicted molar refractivity (Wildman–Crippen MR) is 94.9 cm³/mol. The first-order valence-electron chi connectivity index (χ1n) is 7.33. The Bertz CT molecular complexity index is 767. The molecule has 0 bridgehead atoms. The second kappa shape index (κ2) is 8.93. The van der Waals surface area contributed by atoms with Gasteiger partial charge in [0.15, 0.2) is 6.61 Å². The summed E-state index contributed by atoms with van der Waals surface area (Å²) in [7, 11) is 1.46. The summed E-state index contributed by atoms with van der Waals surface area (Å²) < 4.78 is 5.66. The molecule has 130 valence electrons. The van der Waals surface area contributed by atoms with Crippen LogP contribution in [0.4, 0.5) is 5.69 Å². The molecule has 0 radical (unpaired) electrons. The molecule has 1 aromatic heterocycles. The van der Waals surface area contributed by atoms with Crippen molar-refractivity contribution in [3.8, 4) is 0 Å². The Kier molecular flexibility index (Phi) is 6.64. The number of nitrogens with zero attached hydrogens (tertiary/aromatic N) is 2. The molecule has 0 aliphatic carbocycles. The molecule has 25 heavy (non-hydrogen) atoms. The number of likely N-dealkylation sites (N-methyl/N-ethyl adjacent to an activating group) is 1. The lowest BCUT2D eigenvalue weighted by Crippen LogP contribution is -2.37. The number of pyridine rings is 1. The highest BCUT2D eigenvalue weighted by Crippen LogP contribution is 2.20. The second-order valence-electron chi connectivity index (χ2n) is 5.10. The fourth-order valence-electron chi connectivity index (χ4n) is 1.86. The number of esters is 1.